The van der Waals surface area contributed by atoms with E-state index in [2.05, 4.69) is 122 Å². The zero-order valence-corrected chi connectivity index (χ0v) is 29.0. The van der Waals surface area contributed by atoms with Crippen molar-refractivity contribution in [1.82, 2.24) is 0 Å². The Balaban J connectivity index is 2.46. The molecule has 0 amide bonds. The van der Waals surface area contributed by atoms with Gasteiger partial charge in [-0.05, 0) is 112 Å². The first kappa shape index (κ1) is 38.6. The summed E-state index contributed by atoms with van der Waals surface area (Å²) in [6, 6.07) is 0. The second-order valence-corrected chi connectivity index (χ2v) is 14.0. The van der Waals surface area contributed by atoms with E-state index in [-0.39, 0.29) is 11.5 Å². The summed E-state index contributed by atoms with van der Waals surface area (Å²) in [7, 11) is 0. The number of allylic oxidation sites excluding steroid dienone is 17. The molecule has 240 valence electrons. The second kappa shape index (κ2) is 19.0. The Morgan fingerprint density at radius 2 is 1.40 bits per heavy atom. The van der Waals surface area contributed by atoms with Crippen molar-refractivity contribution < 1.29 is 15.3 Å². The lowest BCUT2D eigenvalue weighted by atomic mass is 9.66. The van der Waals surface area contributed by atoms with Crippen LogP contribution in [0.25, 0.3) is 0 Å². The SMILES string of the molecule is CC1=C[C@@H](O)CC(C)(C)C1CC/C(C)=C/C=C/C(C)=C/C=C/C=C(\C)CC/C=C(C)/C=C\C=C(\C)CC[C@H](O)C(C)(C)O. The van der Waals surface area contributed by atoms with Crippen LogP contribution in [0.5, 0.6) is 0 Å². The van der Waals surface area contributed by atoms with Crippen LogP contribution in [0.4, 0.5) is 0 Å². The Labute approximate surface area is 264 Å². The van der Waals surface area contributed by atoms with E-state index in [9.17, 15) is 15.3 Å². The van der Waals surface area contributed by atoms with Crippen molar-refractivity contribution in [2.24, 2.45) is 11.3 Å². The smallest absolute Gasteiger partial charge is 0.0849 e. The molecule has 3 N–H and O–H groups in total. The van der Waals surface area contributed by atoms with Crippen LogP contribution in [0, 0.1) is 11.3 Å². The summed E-state index contributed by atoms with van der Waals surface area (Å²) in [6.45, 7) is 20.7. The lowest BCUT2D eigenvalue weighted by Crippen LogP contribution is -2.35. The van der Waals surface area contributed by atoms with Crippen molar-refractivity contribution >= 4 is 0 Å². The quantitative estimate of drug-likeness (QED) is 0.124. The number of rotatable bonds is 16. The summed E-state index contributed by atoms with van der Waals surface area (Å²) >= 11 is 0. The number of hydrogen-bond acceptors (Lipinski definition) is 3. The van der Waals surface area contributed by atoms with Crippen LogP contribution in [0.1, 0.15) is 114 Å². The van der Waals surface area contributed by atoms with Crippen molar-refractivity contribution in [2.75, 3.05) is 0 Å². The third kappa shape index (κ3) is 16.8. The molecule has 0 aliphatic heterocycles. The van der Waals surface area contributed by atoms with Gasteiger partial charge in [0.15, 0.2) is 0 Å². The fraction of sp³-hybridized carbons (Fsp3) is 0.550. The molecule has 0 aromatic heterocycles. The Morgan fingerprint density at radius 1 is 0.860 bits per heavy atom. The minimum Gasteiger partial charge on any atom is -0.390 e. The summed E-state index contributed by atoms with van der Waals surface area (Å²) < 4.78 is 0. The Morgan fingerprint density at radius 3 is 2.00 bits per heavy atom. The van der Waals surface area contributed by atoms with Crippen molar-refractivity contribution in [2.45, 2.75) is 132 Å². The van der Waals surface area contributed by atoms with E-state index in [1.807, 2.05) is 6.08 Å². The fourth-order valence-electron chi connectivity index (χ4n) is 5.54. The van der Waals surface area contributed by atoms with Gasteiger partial charge in [-0.3, -0.25) is 0 Å². The zero-order chi connectivity index (χ0) is 32.6. The first-order valence-corrected chi connectivity index (χ1v) is 16.1. The third-order valence-corrected chi connectivity index (χ3v) is 8.47. The van der Waals surface area contributed by atoms with E-state index in [0.29, 0.717) is 12.3 Å². The first-order chi connectivity index (χ1) is 20.0. The molecule has 0 spiro atoms. The van der Waals surface area contributed by atoms with Crippen LogP contribution >= 0.6 is 0 Å². The fourth-order valence-corrected chi connectivity index (χ4v) is 5.54. The Kier molecular flexibility index (Phi) is 17.1. The van der Waals surface area contributed by atoms with Gasteiger partial charge in [0.1, 0.15) is 0 Å². The zero-order valence-electron chi connectivity index (χ0n) is 29.0. The molecule has 0 radical (unpaired) electrons. The van der Waals surface area contributed by atoms with Gasteiger partial charge in [0.25, 0.3) is 0 Å². The van der Waals surface area contributed by atoms with Crippen molar-refractivity contribution in [3.8, 4) is 0 Å². The van der Waals surface area contributed by atoms with Crippen LogP contribution in [0.2, 0.25) is 0 Å². The highest BCUT2D eigenvalue weighted by Gasteiger charge is 2.35. The molecule has 0 heterocycles. The average molecular weight is 591 g/mol. The molecule has 43 heavy (non-hydrogen) atoms. The van der Waals surface area contributed by atoms with Gasteiger partial charge in [-0.2, -0.15) is 0 Å². The predicted octanol–water partition coefficient (Wildman–Crippen LogP) is 10.2. The maximum atomic E-state index is 10.1. The molecule has 0 bridgehead atoms. The van der Waals surface area contributed by atoms with Gasteiger partial charge in [0, 0.05) is 0 Å². The minimum atomic E-state index is -1.06. The molecule has 1 aliphatic carbocycles. The van der Waals surface area contributed by atoms with Crippen LogP contribution < -0.4 is 0 Å². The molecule has 1 aliphatic rings. The van der Waals surface area contributed by atoms with E-state index in [4.69, 9.17) is 0 Å². The van der Waals surface area contributed by atoms with Gasteiger partial charge in [0.2, 0.25) is 0 Å². The Bertz CT molecular complexity index is 1140. The topological polar surface area (TPSA) is 60.7 Å². The van der Waals surface area contributed by atoms with Crippen LogP contribution in [0.15, 0.2) is 106 Å². The van der Waals surface area contributed by atoms with Crippen LogP contribution in [0.3, 0.4) is 0 Å². The molecule has 0 fully saturated rings. The molecule has 0 saturated heterocycles. The molecule has 0 aromatic rings. The van der Waals surface area contributed by atoms with Crippen LogP contribution in [-0.2, 0) is 0 Å². The molecule has 0 aromatic carbocycles. The predicted molar refractivity (Wildman–Crippen MR) is 188 cm³/mol. The third-order valence-electron chi connectivity index (χ3n) is 8.47. The minimum absolute atomic E-state index is 0.143. The largest absolute Gasteiger partial charge is 0.390 e. The summed E-state index contributed by atoms with van der Waals surface area (Å²) in [5.41, 5.74) is 6.81. The van der Waals surface area contributed by atoms with Crippen molar-refractivity contribution in [3.05, 3.63) is 106 Å². The lowest BCUT2D eigenvalue weighted by molar-refractivity contribution is -0.0509. The number of hydrogen-bond donors (Lipinski definition) is 3. The lowest BCUT2D eigenvalue weighted by Gasteiger charge is -2.40. The van der Waals surface area contributed by atoms with Crippen molar-refractivity contribution in [1.29, 1.82) is 0 Å². The van der Waals surface area contributed by atoms with E-state index >= 15 is 0 Å². The maximum Gasteiger partial charge on any atom is 0.0849 e. The molecule has 0 saturated carbocycles. The monoisotopic (exact) mass is 590 g/mol. The van der Waals surface area contributed by atoms with Gasteiger partial charge >= 0.3 is 0 Å². The van der Waals surface area contributed by atoms with E-state index in [1.165, 1.54) is 33.4 Å². The van der Waals surface area contributed by atoms with Gasteiger partial charge in [-0.15, -0.1) is 0 Å². The highest BCUT2D eigenvalue weighted by atomic mass is 16.3. The summed E-state index contributed by atoms with van der Waals surface area (Å²) in [5, 5.41) is 29.9. The standard InChI is InChI=1S/C40H62O3/c1-30(18-13-20-32(3)21-15-23-34(5)25-27-38(42)40(9,10)43)16-11-12-17-31(2)19-14-22-33(4)24-26-37-35(6)28-36(41)29-39(37,7)8/h11-12,14-17,19-23,28,36-38,41-43H,13,18,24-27,29H2,1-10H3/b12-11+,19-14+,21-15-,30-16+,31-17+,32-20+,33-22+,34-23-/t36-,37?,38+/m1/s1. The first-order valence-electron chi connectivity index (χ1n) is 16.1. The van der Waals surface area contributed by atoms with E-state index in [0.717, 1.165) is 38.5 Å². The van der Waals surface area contributed by atoms with Gasteiger partial charge < -0.3 is 15.3 Å². The van der Waals surface area contributed by atoms with Gasteiger partial charge in [-0.1, -0.05) is 120 Å². The second-order valence-electron chi connectivity index (χ2n) is 14.0. The molecule has 3 heteroatoms. The summed E-state index contributed by atoms with van der Waals surface area (Å²) in [4.78, 5) is 0. The molecule has 3 nitrogen and oxygen atoms in total. The van der Waals surface area contributed by atoms with E-state index < -0.39 is 11.7 Å². The van der Waals surface area contributed by atoms with E-state index in [1.54, 1.807) is 13.8 Å². The molecular weight excluding hydrogens is 528 g/mol. The molecule has 1 rings (SSSR count). The molecular formula is C40H62O3. The maximum absolute atomic E-state index is 10.1. The molecule has 1 unspecified atom stereocenters. The average Bonchev–Trinajstić information content (AvgIpc) is 2.88. The van der Waals surface area contributed by atoms with Gasteiger partial charge in [-0.25, -0.2) is 0 Å². The number of aliphatic hydroxyl groups is 3. The highest BCUT2D eigenvalue weighted by molar-refractivity contribution is 5.28. The molecule has 3 atom stereocenters. The Hall–Kier alpha value is -2.46. The normalized spacial score (nSPS) is 22.3. The van der Waals surface area contributed by atoms with Gasteiger partial charge in [0.05, 0.1) is 17.8 Å². The van der Waals surface area contributed by atoms with Crippen molar-refractivity contribution in [3.63, 3.8) is 0 Å². The highest BCUT2D eigenvalue weighted by Crippen LogP contribution is 2.43. The number of aliphatic hydroxyl groups excluding tert-OH is 2. The summed E-state index contributed by atoms with van der Waals surface area (Å²) in [5.74, 6) is 0.527. The summed E-state index contributed by atoms with van der Waals surface area (Å²) in [6.07, 6.45) is 31.1. The van der Waals surface area contributed by atoms with Crippen LogP contribution in [-0.4, -0.2) is 33.1 Å².